The first kappa shape index (κ1) is 11.7. The molecule has 0 radical (unpaired) electrons. The molecule has 0 saturated heterocycles. The van der Waals surface area contributed by atoms with Gasteiger partial charge in [-0.2, -0.15) is 0 Å². The van der Waals surface area contributed by atoms with Crippen molar-refractivity contribution >= 4 is 0 Å². The highest BCUT2D eigenvalue weighted by atomic mass is 16.3. The van der Waals surface area contributed by atoms with E-state index in [4.69, 9.17) is 0 Å². The van der Waals surface area contributed by atoms with Gasteiger partial charge in [0.25, 0.3) is 0 Å². The van der Waals surface area contributed by atoms with Crippen LogP contribution in [0.4, 0.5) is 0 Å². The van der Waals surface area contributed by atoms with Gasteiger partial charge < -0.3 is 10.2 Å². The third-order valence-electron chi connectivity index (χ3n) is 2.06. The largest absolute Gasteiger partial charge is 0.390 e. The zero-order chi connectivity index (χ0) is 9.94. The molecule has 0 aromatic carbocycles. The van der Waals surface area contributed by atoms with Crippen LogP contribution in [0, 0.1) is 5.41 Å². The number of aliphatic hydroxyl groups is 2. The number of hydrogen-bond acceptors (Lipinski definition) is 2. The Morgan fingerprint density at radius 1 is 1.33 bits per heavy atom. The molecule has 2 atom stereocenters. The van der Waals surface area contributed by atoms with Crippen molar-refractivity contribution in [2.75, 3.05) is 0 Å². The van der Waals surface area contributed by atoms with Gasteiger partial charge in [0.2, 0.25) is 0 Å². The minimum Gasteiger partial charge on any atom is -0.390 e. The van der Waals surface area contributed by atoms with Gasteiger partial charge in [0, 0.05) is 0 Å². The predicted molar refractivity (Wildman–Crippen MR) is 50.9 cm³/mol. The highest BCUT2D eigenvalue weighted by Gasteiger charge is 2.29. The molecule has 0 aliphatic heterocycles. The topological polar surface area (TPSA) is 40.5 Å². The molecule has 2 N–H and O–H groups in total. The molecule has 2 nitrogen and oxygen atoms in total. The molecule has 0 aliphatic rings. The van der Waals surface area contributed by atoms with Crippen LogP contribution in [-0.2, 0) is 0 Å². The molecule has 0 heterocycles. The van der Waals surface area contributed by atoms with Gasteiger partial charge in [0.1, 0.15) is 6.10 Å². The fourth-order valence-electron chi connectivity index (χ4n) is 0.906. The van der Waals surface area contributed by atoms with Crippen LogP contribution in [0.1, 0.15) is 34.1 Å². The molecule has 0 aliphatic carbocycles. The maximum absolute atomic E-state index is 9.64. The number of aliphatic hydroxyl groups excluding tert-OH is 2. The van der Waals surface area contributed by atoms with Crippen molar-refractivity contribution in [1.82, 2.24) is 0 Å². The molecule has 72 valence electrons. The van der Waals surface area contributed by atoms with Gasteiger partial charge >= 0.3 is 0 Å². The third kappa shape index (κ3) is 2.95. The maximum atomic E-state index is 9.64. The van der Waals surface area contributed by atoms with Crippen LogP contribution in [-0.4, -0.2) is 22.4 Å². The molecule has 0 aromatic rings. The van der Waals surface area contributed by atoms with Crippen LogP contribution < -0.4 is 0 Å². The Labute approximate surface area is 74.9 Å². The molecule has 0 bridgehead atoms. The normalized spacial score (nSPS) is 17.2. The van der Waals surface area contributed by atoms with E-state index in [-0.39, 0.29) is 5.41 Å². The fraction of sp³-hybridized carbons (Fsp3) is 0.800. The summed E-state index contributed by atoms with van der Waals surface area (Å²) in [6, 6.07) is 0. The van der Waals surface area contributed by atoms with E-state index in [0.717, 1.165) is 0 Å². The molecule has 2 unspecified atom stereocenters. The Morgan fingerprint density at radius 3 is 2.00 bits per heavy atom. The summed E-state index contributed by atoms with van der Waals surface area (Å²) in [5, 5.41) is 19.2. The van der Waals surface area contributed by atoms with Gasteiger partial charge in [0.05, 0.1) is 6.10 Å². The van der Waals surface area contributed by atoms with E-state index in [1.165, 1.54) is 0 Å². The van der Waals surface area contributed by atoms with Gasteiger partial charge in [-0.25, -0.2) is 0 Å². The Balaban J connectivity index is 4.29. The molecule has 0 spiro atoms. The van der Waals surface area contributed by atoms with Gasteiger partial charge in [-0.05, 0) is 17.4 Å². The maximum Gasteiger partial charge on any atom is 0.101 e. The molecule has 0 fully saturated rings. The zero-order valence-electron chi connectivity index (χ0n) is 8.46. The highest BCUT2D eigenvalue weighted by molar-refractivity contribution is 5.05. The third-order valence-corrected chi connectivity index (χ3v) is 2.06. The lowest BCUT2D eigenvalue weighted by molar-refractivity contribution is -0.0277. The molecule has 0 rings (SSSR count). The lowest BCUT2D eigenvalue weighted by atomic mass is 9.83. The van der Waals surface area contributed by atoms with E-state index in [1.807, 2.05) is 27.7 Å². The zero-order valence-corrected chi connectivity index (χ0v) is 8.46. The van der Waals surface area contributed by atoms with Gasteiger partial charge in [-0.15, -0.1) is 0 Å². The van der Waals surface area contributed by atoms with Crippen LogP contribution in [0.2, 0.25) is 0 Å². The first-order valence-electron chi connectivity index (χ1n) is 4.34. The first-order chi connectivity index (χ1) is 5.30. The first-order valence-corrected chi connectivity index (χ1v) is 4.34. The second-order valence-electron chi connectivity index (χ2n) is 4.27. The summed E-state index contributed by atoms with van der Waals surface area (Å²) >= 11 is 0. The van der Waals surface area contributed by atoms with Crippen molar-refractivity contribution in [2.45, 2.75) is 46.3 Å². The quantitative estimate of drug-likeness (QED) is 0.636. The average molecular weight is 172 g/mol. The fourth-order valence-corrected chi connectivity index (χ4v) is 0.906. The van der Waals surface area contributed by atoms with Crippen molar-refractivity contribution in [1.29, 1.82) is 0 Å². The average Bonchev–Trinajstić information content (AvgIpc) is 1.98. The molecule has 0 aromatic heterocycles. The summed E-state index contributed by atoms with van der Waals surface area (Å²) in [6.07, 6.45) is -0.825. The molecule has 0 amide bonds. The summed E-state index contributed by atoms with van der Waals surface area (Å²) in [5.41, 5.74) is 0.398. The summed E-state index contributed by atoms with van der Waals surface area (Å²) in [5.74, 6) is 0. The van der Waals surface area contributed by atoms with Gasteiger partial charge in [-0.3, -0.25) is 0 Å². The van der Waals surface area contributed by atoms with Crippen molar-refractivity contribution in [2.24, 2.45) is 5.41 Å². The van der Waals surface area contributed by atoms with Crippen molar-refractivity contribution < 1.29 is 10.2 Å². The standard InChI is InChI=1S/C10H20O2/c1-6-7(2)8(11)9(12)10(3,4)5/h8-9,11-12H,2,6H2,1,3-5H3. The van der Waals surface area contributed by atoms with Crippen molar-refractivity contribution in [3.8, 4) is 0 Å². The summed E-state index contributed by atoms with van der Waals surface area (Å²) < 4.78 is 0. The monoisotopic (exact) mass is 172 g/mol. The lowest BCUT2D eigenvalue weighted by Gasteiger charge is -2.30. The minimum absolute atomic E-state index is 0.294. The van der Waals surface area contributed by atoms with E-state index in [0.29, 0.717) is 12.0 Å². The molecular formula is C10H20O2. The Morgan fingerprint density at radius 2 is 1.75 bits per heavy atom. The minimum atomic E-state index is -0.796. The van der Waals surface area contributed by atoms with E-state index < -0.39 is 12.2 Å². The SMILES string of the molecule is C=C(CC)C(O)C(O)C(C)(C)C. The summed E-state index contributed by atoms with van der Waals surface area (Å²) in [4.78, 5) is 0. The van der Waals surface area contributed by atoms with E-state index in [1.54, 1.807) is 0 Å². The van der Waals surface area contributed by atoms with Gasteiger partial charge in [0.15, 0.2) is 0 Å². The molecular weight excluding hydrogens is 152 g/mol. The number of hydrogen-bond donors (Lipinski definition) is 2. The van der Waals surface area contributed by atoms with E-state index in [2.05, 4.69) is 6.58 Å². The van der Waals surface area contributed by atoms with E-state index in [9.17, 15) is 10.2 Å². The number of rotatable bonds is 3. The predicted octanol–water partition coefficient (Wildman–Crippen LogP) is 1.72. The molecule has 2 heteroatoms. The summed E-state index contributed by atoms with van der Waals surface area (Å²) in [7, 11) is 0. The van der Waals surface area contributed by atoms with Crippen LogP contribution in [0.5, 0.6) is 0 Å². The highest BCUT2D eigenvalue weighted by Crippen LogP contribution is 2.25. The van der Waals surface area contributed by atoms with E-state index >= 15 is 0 Å². The second kappa shape index (κ2) is 4.06. The Bertz CT molecular complexity index is 156. The lowest BCUT2D eigenvalue weighted by Crippen LogP contribution is -2.38. The van der Waals surface area contributed by atoms with Gasteiger partial charge in [-0.1, -0.05) is 34.3 Å². The van der Waals surface area contributed by atoms with Crippen LogP contribution in [0.3, 0.4) is 0 Å². The Kier molecular flexibility index (Phi) is 3.94. The summed E-state index contributed by atoms with van der Waals surface area (Å²) in [6.45, 7) is 11.3. The van der Waals surface area contributed by atoms with Crippen molar-refractivity contribution in [3.63, 3.8) is 0 Å². The smallest absolute Gasteiger partial charge is 0.101 e. The molecule has 12 heavy (non-hydrogen) atoms. The van der Waals surface area contributed by atoms with Crippen LogP contribution in [0.25, 0.3) is 0 Å². The van der Waals surface area contributed by atoms with Crippen LogP contribution >= 0.6 is 0 Å². The Hall–Kier alpha value is -0.340. The second-order valence-corrected chi connectivity index (χ2v) is 4.27. The van der Waals surface area contributed by atoms with Crippen molar-refractivity contribution in [3.05, 3.63) is 12.2 Å². The van der Waals surface area contributed by atoms with Crippen LogP contribution in [0.15, 0.2) is 12.2 Å². The molecule has 0 saturated carbocycles.